The Morgan fingerprint density at radius 2 is 1.08 bits per heavy atom. The van der Waals surface area contributed by atoms with Crippen molar-refractivity contribution in [3.63, 3.8) is 0 Å². The second-order valence-corrected chi connectivity index (χ2v) is 6.34. The zero-order chi connectivity index (χ0) is 16.6. The lowest BCUT2D eigenvalue weighted by atomic mass is 9.87. The Balaban J connectivity index is 1.66. The minimum absolute atomic E-state index is 0.336. The van der Waals surface area contributed by atoms with Crippen LogP contribution in [0.1, 0.15) is 35.4 Å². The number of hydrogen-bond acceptors (Lipinski definition) is 1. The van der Waals surface area contributed by atoms with Gasteiger partial charge >= 0.3 is 0 Å². The highest BCUT2D eigenvalue weighted by molar-refractivity contribution is 5.27. The van der Waals surface area contributed by atoms with Crippen LogP contribution in [0, 0.1) is 0 Å². The Morgan fingerprint density at radius 3 is 1.67 bits per heavy atom. The molecule has 3 aromatic carbocycles. The minimum Gasteiger partial charge on any atom is -0.508 e. The number of aromatic hydroxyl groups is 1. The molecule has 1 N–H and O–H groups in total. The maximum absolute atomic E-state index is 9.42. The molecule has 0 saturated carbocycles. The molecule has 122 valence electrons. The Kier molecular flexibility index (Phi) is 5.68. The highest BCUT2D eigenvalue weighted by Gasteiger charge is 2.12. The quantitative estimate of drug-likeness (QED) is 0.589. The van der Waals surface area contributed by atoms with Gasteiger partial charge in [-0.1, -0.05) is 72.8 Å². The Bertz CT molecular complexity index is 717. The van der Waals surface area contributed by atoms with Crippen molar-refractivity contribution in [2.45, 2.75) is 31.6 Å². The van der Waals surface area contributed by atoms with Gasteiger partial charge in [0.05, 0.1) is 0 Å². The van der Waals surface area contributed by atoms with E-state index in [1.807, 2.05) is 12.1 Å². The Labute approximate surface area is 144 Å². The van der Waals surface area contributed by atoms with Gasteiger partial charge in [0, 0.05) is 0 Å². The minimum atomic E-state index is 0.336. The topological polar surface area (TPSA) is 20.2 Å². The van der Waals surface area contributed by atoms with E-state index in [-0.39, 0.29) is 0 Å². The van der Waals surface area contributed by atoms with Crippen molar-refractivity contribution < 1.29 is 5.11 Å². The van der Waals surface area contributed by atoms with E-state index >= 15 is 0 Å². The van der Waals surface area contributed by atoms with Crippen LogP contribution in [0.25, 0.3) is 0 Å². The second-order valence-electron chi connectivity index (χ2n) is 6.34. The molecule has 0 aromatic heterocycles. The predicted octanol–water partition coefficient (Wildman–Crippen LogP) is 5.74. The molecule has 0 aliphatic carbocycles. The van der Waals surface area contributed by atoms with Crippen LogP contribution >= 0.6 is 0 Å². The smallest absolute Gasteiger partial charge is 0.115 e. The molecule has 1 atom stereocenters. The van der Waals surface area contributed by atoms with Crippen LogP contribution in [0.5, 0.6) is 5.75 Å². The molecule has 0 bridgehead atoms. The molecule has 1 nitrogen and oxygen atoms in total. The van der Waals surface area contributed by atoms with Gasteiger partial charge in [0.2, 0.25) is 0 Å². The Morgan fingerprint density at radius 1 is 0.583 bits per heavy atom. The van der Waals surface area contributed by atoms with Gasteiger partial charge in [-0.05, 0) is 60.4 Å². The number of hydrogen-bond donors (Lipinski definition) is 1. The first kappa shape index (κ1) is 16.3. The zero-order valence-corrected chi connectivity index (χ0v) is 13.9. The van der Waals surface area contributed by atoms with E-state index in [9.17, 15) is 5.11 Å². The summed E-state index contributed by atoms with van der Waals surface area (Å²) in [6.07, 6.45) is 4.43. The van der Waals surface area contributed by atoms with Crippen LogP contribution in [-0.4, -0.2) is 5.11 Å². The van der Waals surface area contributed by atoms with Gasteiger partial charge in [-0.2, -0.15) is 0 Å². The second kappa shape index (κ2) is 8.35. The SMILES string of the molecule is Oc1ccc(CCC(CCc2ccccc2)c2ccccc2)cc1. The third-order valence-corrected chi connectivity index (χ3v) is 4.61. The summed E-state index contributed by atoms with van der Waals surface area (Å²) in [5.74, 6) is 0.891. The van der Waals surface area contributed by atoms with E-state index in [0.29, 0.717) is 11.7 Å². The summed E-state index contributed by atoms with van der Waals surface area (Å²) in [4.78, 5) is 0. The Hall–Kier alpha value is -2.54. The fourth-order valence-electron chi connectivity index (χ4n) is 3.19. The normalized spacial score (nSPS) is 12.0. The highest BCUT2D eigenvalue weighted by atomic mass is 16.3. The maximum Gasteiger partial charge on any atom is 0.115 e. The van der Waals surface area contributed by atoms with Gasteiger partial charge < -0.3 is 5.11 Å². The van der Waals surface area contributed by atoms with Crippen molar-refractivity contribution in [3.8, 4) is 5.75 Å². The summed E-state index contributed by atoms with van der Waals surface area (Å²) in [6.45, 7) is 0. The number of phenolic OH excluding ortho intramolecular Hbond substituents is 1. The van der Waals surface area contributed by atoms with Crippen molar-refractivity contribution in [2.24, 2.45) is 0 Å². The third-order valence-electron chi connectivity index (χ3n) is 4.61. The van der Waals surface area contributed by atoms with Crippen LogP contribution in [-0.2, 0) is 12.8 Å². The monoisotopic (exact) mass is 316 g/mol. The average molecular weight is 316 g/mol. The summed E-state index contributed by atoms with van der Waals surface area (Å²) in [5.41, 5.74) is 4.11. The van der Waals surface area contributed by atoms with Crippen LogP contribution < -0.4 is 0 Å². The molecule has 0 amide bonds. The molecule has 3 rings (SSSR count). The molecule has 0 radical (unpaired) electrons. The molecule has 1 heteroatoms. The van der Waals surface area contributed by atoms with Crippen molar-refractivity contribution in [1.29, 1.82) is 0 Å². The van der Waals surface area contributed by atoms with Gasteiger partial charge in [0.1, 0.15) is 5.75 Å². The van der Waals surface area contributed by atoms with Crippen LogP contribution in [0.3, 0.4) is 0 Å². The molecule has 3 aromatic rings. The molecule has 0 spiro atoms. The van der Waals surface area contributed by atoms with Gasteiger partial charge in [-0.25, -0.2) is 0 Å². The van der Waals surface area contributed by atoms with E-state index in [1.165, 1.54) is 16.7 Å². The molecule has 0 aliphatic rings. The number of phenols is 1. The van der Waals surface area contributed by atoms with Crippen LogP contribution in [0.4, 0.5) is 0 Å². The molecule has 1 unspecified atom stereocenters. The fourth-order valence-corrected chi connectivity index (χ4v) is 3.19. The lowest BCUT2D eigenvalue weighted by molar-refractivity contribution is 0.475. The van der Waals surface area contributed by atoms with E-state index in [1.54, 1.807) is 12.1 Å². The fraction of sp³-hybridized carbons (Fsp3) is 0.217. The largest absolute Gasteiger partial charge is 0.508 e. The van der Waals surface area contributed by atoms with E-state index in [2.05, 4.69) is 60.7 Å². The van der Waals surface area contributed by atoms with Gasteiger partial charge in [-0.15, -0.1) is 0 Å². The van der Waals surface area contributed by atoms with Crippen molar-refractivity contribution in [2.75, 3.05) is 0 Å². The molecule has 0 aliphatic heterocycles. The average Bonchev–Trinajstić information content (AvgIpc) is 2.65. The van der Waals surface area contributed by atoms with Gasteiger partial charge in [0.15, 0.2) is 0 Å². The van der Waals surface area contributed by atoms with E-state index in [4.69, 9.17) is 0 Å². The molecule has 0 fully saturated rings. The summed E-state index contributed by atoms with van der Waals surface area (Å²) in [5, 5.41) is 9.42. The van der Waals surface area contributed by atoms with E-state index < -0.39 is 0 Å². The van der Waals surface area contributed by atoms with Gasteiger partial charge in [0.25, 0.3) is 0 Å². The lowest BCUT2D eigenvalue weighted by Gasteiger charge is -2.18. The van der Waals surface area contributed by atoms with Gasteiger partial charge in [-0.3, -0.25) is 0 Å². The molecule has 0 heterocycles. The van der Waals surface area contributed by atoms with Crippen LogP contribution in [0.15, 0.2) is 84.9 Å². The maximum atomic E-state index is 9.42. The standard InChI is InChI=1S/C23H24O/c24-23-17-13-20(14-18-23)12-16-22(21-9-5-2-6-10-21)15-11-19-7-3-1-4-8-19/h1-10,13-14,17-18,22,24H,11-12,15-16H2. The summed E-state index contributed by atoms with van der Waals surface area (Å²) >= 11 is 0. The zero-order valence-electron chi connectivity index (χ0n) is 13.9. The summed E-state index contributed by atoms with van der Waals surface area (Å²) < 4.78 is 0. The van der Waals surface area contributed by atoms with Crippen molar-refractivity contribution >= 4 is 0 Å². The molecular weight excluding hydrogens is 292 g/mol. The number of aryl methyl sites for hydroxylation is 2. The van der Waals surface area contributed by atoms with E-state index in [0.717, 1.165) is 25.7 Å². The van der Waals surface area contributed by atoms with Crippen molar-refractivity contribution in [1.82, 2.24) is 0 Å². The molecular formula is C23H24O. The molecule has 24 heavy (non-hydrogen) atoms. The lowest BCUT2D eigenvalue weighted by Crippen LogP contribution is -2.03. The summed E-state index contributed by atoms with van der Waals surface area (Å²) in [6, 6.07) is 29.1. The summed E-state index contributed by atoms with van der Waals surface area (Å²) in [7, 11) is 0. The predicted molar refractivity (Wildman–Crippen MR) is 100 cm³/mol. The third kappa shape index (κ3) is 4.73. The number of benzene rings is 3. The first-order valence-electron chi connectivity index (χ1n) is 8.68. The van der Waals surface area contributed by atoms with Crippen LogP contribution in [0.2, 0.25) is 0 Å². The van der Waals surface area contributed by atoms with Crippen molar-refractivity contribution in [3.05, 3.63) is 102 Å². The highest BCUT2D eigenvalue weighted by Crippen LogP contribution is 2.27. The first-order valence-corrected chi connectivity index (χ1v) is 8.68. The first-order chi connectivity index (χ1) is 11.8. The number of rotatable bonds is 7. The molecule has 0 saturated heterocycles.